The first kappa shape index (κ1) is 55.7. The predicted molar refractivity (Wildman–Crippen MR) is 290 cm³/mol. The fraction of sp³-hybridized carbons (Fsp3) is 0.438. The lowest BCUT2D eigenvalue weighted by Crippen LogP contribution is -2.62. The second kappa shape index (κ2) is 33.0. The highest BCUT2D eigenvalue weighted by Gasteiger charge is 2.49. The van der Waals surface area contributed by atoms with Gasteiger partial charge in [0.25, 0.3) is 0 Å². The Labute approximate surface area is 436 Å². The number of rotatable bonds is 35. The van der Waals surface area contributed by atoms with Gasteiger partial charge in [-0.15, -0.1) is 0 Å². The van der Waals surface area contributed by atoms with Gasteiger partial charge in [-0.1, -0.05) is 253 Å². The van der Waals surface area contributed by atoms with E-state index in [1.165, 1.54) is 51.4 Å². The van der Waals surface area contributed by atoms with Crippen molar-refractivity contribution in [1.82, 2.24) is 0 Å². The van der Waals surface area contributed by atoms with Gasteiger partial charge in [0.05, 0.1) is 65.0 Å². The lowest BCUT2D eigenvalue weighted by Gasteiger charge is -2.46. The average molecular weight is 992 g/mol. The molecule has 6 aromatic rings. The second-order valence-corrected chi connectivity index (χ2v) is 19.4. The van der Waals surface area contributed by atoms with Gasteiger partial charge in [0.2, 0.25) is 0 Å². The van der Waals surface area contributed by atoms with Gasteiger partial charge in [0.15, 0.2) is 6.29 Å². The van der Waals surface area contributed by atoms with Crippen molar-refractivity contribution in [2.45, 2.75) is 166 Å². The van der Waals surface area contributed by atoms with E-state index in [1.54, 1.807) is 0 Å². The summed E-state index contributed by atoms with van der Waals surface area (Å²) in [4.78, 5) is 0. The van der Waals surface area contributed by atoms with E-state index in [2.05, 4.69) is 79.7 Å². The van der Waals surface area contributed by atoms with E-state index in [-0.39, 0.29) is 19.3 Å². The van der Waals surface area contributed by atoms with E-state index in [0.717, 1.165) is 52.6 Å². The molecule has 1 heterocycles. The van der Waals surface area contributed by atoms with Gasteiger partial charge in [0.1, 0.15) is 30.5 Å². The van der Waals surface area contributed by atoms with Crippen molar-refractivity contribution < 1.29 is 37.9 Å². The molecule has 0 spiro atoms. The lowest BCUT2D eigenvalue weighted by atomic mass is 9.97. The van der Waals surface area contributed by atoms with Crippen LogP contribution in [0.3, 0.4) is 0 Å². The van der Waals surface area contributed by atoms with Crippen LogP contribution in [0, 0.1) is 0 Å². The summed E-state index contributed by atoms with van der Waals surface area (Å²) in [7, 11) is 0. The molecule has 1 saturated heterocycles. The van der Waals surface area contributed by atoms with Crippen molar-refractivity contribution in [2.75, 3.05) is 13.2 Å². The molecule has 0 unspecified atom stereocenters. The smallest absolute Gasteiger partial charge is 0.187 e. The number of nitrogens with two attached hydrogens (primary N) is 1. The largest absolute Gasteiger partial charge is 0.374 e. The Balaban J connectivity index is 1.15. The van der Waals surface area contributed by atoms with Gasteiger partial charge < -0.3 is 43.6 Å². The summed E-state index contributed by atoms with van der Waals surface area (Å²) in [6, 6.07) is 60.6. The van der Waals surface area contributed by atoms with Crippen molar-refractivity contribution in [3.63, 3.8) is 0 Å². The maximum atomic E-state index is 7.38. The number of benzene rings is 6. The number of ether oxygens (including phenoxy) is 8. The van der Waals surface area contributed by atoms with E-state index >= 15 is 0 Å². The Bertz CT molecular complexity index is 2280. The van der Waals surface area contributed by atoms with Crippen molar-refractivity contribution >= 4 is 0 Å². The minimum absolute atomic E-state index is 0.0943. The fourth-order valence-electron chi connectivity index (χ4n) is 9.41. The molecule has 1 aliphatic heterocycles. The summed E-state index contributed by atoms with van der Waals surface area (Å²) in [5.74, 6) is 0. The first-order valence-electron chi connectivity index (χ1n) is 27.0. The highest BCUT2D eigenvalue weighted by atomic mass is 16.7. The summed E-state index contributed by atoms with van der Waals surface area (Å²) in [6.45, 7) is 4.75. The van der Waals surface area contributed by atoms with Gasteiger partial charge in [-0.2, -0.15) is 0 Å². The zero-order chi connectivity index (χ0) is 50.4. The average Bonchev–Trinajstić information content (AvgIpc) is 3.44. The van der Waals surface area contributed by atoms with E-state index in [4.69, 9.17) is 43.6 Å². The molecular formula is C64H81NO8. The SMILES string of the molecule is CCCCCCCCCCCC[C@@H](OCc1ccccc1)[C@@H](OCc1ccccc1)[C@@H](N)CO[C@H]1O[C@H](COCc2ccccc2)[C@H](OCc2ccccc2)[C@H](OCc2ccccc2)[C@H]1OCc1ccccc1. The van der Waals surface area contributed by atoms with Crippen LogP contribution in [0.15, 0.2) is 182 Å². The monoisotopic (exact) mass is 992 g/mol. The van der Waals surface area contributed by atoms with Crippen molar-refractivity contribution in [3.8, 4) is 0 Å². The van der Waals surface area contributed by atoms with Crippen LogP contribution in [0.2, 0.25) is 0 Å². The maximum absolute atomic E-state index is 7.38. The molecule has 390 valence electrons. The van der Waals surface area contributed by atoms with Gasteiger partial charge in [-0.25, -0.2) is 0 Å². The Kier molecular flexibility index (Phi) is 25.2. The Morgan fingerprint density at radius 1 is 0.411 bits per heavy atom. The molecule has 1 fully saturated rings. The highest BCUT2D eigenvalue weighted by Crippen LogP contribution is 2.32. The third-order valence-corrected chi connectivity index (χ3v) is 13.5. The van der Waals surface area contributed by atoms with Gasteiger partial charge >= 0.3 is 0 Å². The summed E-state index contributed by atoms with van der Waals surface area (Å²) in [5, 5.41) is 0. The third kappa shape index (κ3) is 20.0. The van der Waals surface area contributed by atoms with Crippen LogP contribution in [0.25, 0.3) is 0 Å². The third-order valence-electron chi connectivity index (χ3n) is 13.5. The number of hydrogen-bond donors (Lipinski definition) is 1. The molecular weight excluding hydrogens is 911 g/mol. The van der Waals surface area contributed by atoms with Crippen molar-refractivity contribution in [3.05, 3.63) is 215 Å². The van der Waals surface area contributed by atoms with E-state index in [0.29, 0.717) is 39.6 Å². The fourth-order valence-corrected chi connectivity index (χ4v) is 9.41. The molecule has 73 heavy (non-hydrogen) atoms. The van der Waals surface area contributed by atoms with Crippen LogP contribution in [-0.2, 0) is 77.5 Å². The number of hydrogen-bond acceptors (Lipinski definition) is 9. The zero-order valence-corrected chi connectivity index (χ0v) is 43.2. The van der Waals surface area contributed by atoms with Crippen LogP contribution in [0.1, 0.15) is 111 Å². The highest BCUT2D eigenvalue weighted by molar-refractivity contribution is 5.18. The van der Waals surface area contributed by atoms with E-state index in [1.807, 2.05) is 109 Å². The van der Waals surface area contributed by atoms with E-state index < -0.39 is 42.9 Å². The van der Waals surface area contributed by atoms with Gasteiger partial charge in [-0.05, 0) is 39.8 Å². The summed E-state index contributed by atoms with van der Waals surface area (Å²) >= 11 is 0. The second-order valence-electron chi connectivity index (χ2n) is 19.4. The molecule has 2 N–H and O–H groups in total. The summed E-state index contributed by atoms with van der Waals surface area (Å²) in [6.07, 6.45) is 8.98. The predicted octanol–water partition coefficient (Wildman–Crippen LogP) is 13.5. The topological polar surface area (TPSA) is 99.9 Å². The molecule has 1 aliphatic rings. The van der Waals surface area contributed by atoms with Crippen LogP contribution >= 0.6 is 0 Å². The minimum atomic E-state index is -0.919. The molecule has 9 nitrogen and oxygen atoms in total. The standard InChI is InChI=1S/C64H81NO8/c1-2-3-4-5-6-7-8-9-10-29-42-58(67-44-52-32-19-12-20-33-52)60(68-45-53-34-21-13-22-35-53)57(65)49-72-64-63(71-48-56-40-27-16-28-41-56)62(70-47-55-38-25-15-26-39-55)61(69-46-54-36-23-14-24-37-54)59(73-64)50-66-43-51-30-17-11-18-31-51/h11-28,30-41,57-64H,2-10,29,42-50,65H2,1H3/t57-,58+,59+,60-,61-,62-,63+,64-/m0/s1. The molecule has 0 saturated carbocycles. The van der Waals surface area contributed by atoms with Crippen LogP contribution < -0.4 is 5.73 Å². The molecule has 7 rings (SSSR count). The molecule has 0 bridgehead atoms. The molecule has 0 aromatic heterocycles. The number of unbranched alkanes of at least 4 members (excludes halogenated alkanes) is 9. The van der Waals surface area contributed by atoms with E-state index in [9.17, 15) is 0 Å². The Morgan fingerprint density at radius 3 is 1.26 bits per heavy atom. The van der Waals surface area contributed by atoms with Crippen LogP contribution in [0.4, 0.5) is 0 Å². The molecule has 0 amide bonds. The molecule has 0 radical (unpaired) electrons. The molecule has 8 atom stereocenters. The van der Waals surface area contributed by atoms with Crippen molar-refractivity contribution in [1.29, 1.82) is 0 Å². The van der Waals surface area contributed by atoms with Gasteiger partial charge in [-0.3, -0.25) is 0 Å². The maximum Gasteiger partial charge on any atom is 0.187 e. The normalized spacial score (nSPS) is 19.1. The summed E-state index contributed by atoms with van der Waals surface area (Å²) in [5.41, 5.74) is 13.7. The van der Waals surface area contributed by atoms with Crippen LogP contribution in [-0.4, -0.2) is 62.2 Å². The molecule has 9 heteroatoms. The molecule has 6 aromatic carbocycles. The minimum Gasteiger partial charge on any atom is -0.374 e. The van der Waals surface area contributed by atoms with Crippen LogP contribution in [0.5, 0.6) is 0 Å². The van der Waals surface area contributed by atoms with Gasteiger partial charge in [0, 0.05) is 0 Å². The quantitative estimate of drug-likeness (QED) is 0.0390. The van der Waals surface area contributed by atoms with Crippen molar-refractivity contribution in [2.24, 2.45) is 5.73 Å². The zero-order valence-electron chi connectivity index (χ0n) is 43.2. The first-order chi connectivity index (χ1) is 36.1. The first-order valence-corrected chi connectivity index (χ1v) is 27.0. The summed E-state index contributed by atoms with van der Waals surface area (Å²) < 4.78 is 55.2. The Morgan fingerprint density at radius 2 is 0.795 bits per heavy atom. The Hall–Kier alpha value is -5.04. The molecule has 0 aliphatic carbocycles. The lowest BCUT2D eigenvalue weighted by molar-refractivity contribution is -0.329.